The Morgan fingerprint density at radius 3 is 1.93 bits per heavy atom. The van der Waals surface area contributed by atoms with Gasteiger partial charge in [0.2, 0.25) is 5.95 Å². The van der Waals surface area contributed by atoms with Crippen LogP contribution in [0.25, 0.3) is 0 Å². The second-order valence-electron chi connectivity index (χ2n) is 9.63. The number of oxime groups is 1. The van der Waals surface area contributed by atoms with Gasteiger partial charge < -0.3 is 30.2 Å². The molecule has 3 N–H and O–H groups in total. The lowest BCUT2D eigenvalue weighted by molar-refractivity contribution is 0.198. The van der Waals surface area contributed by atoms with Crippen LogP contribution in [-0.4, -0.2) is 92.3 Å². The molecule has 0 spiro atoms. The zero-order valence-corrected chi connectivity index (χ0v) is 28.1. The maximum Gasteiger partial charge on any atom is 0.317 e. The first-order chi connectivity index (χ1) is 21.8. The lowest BCUT2D eigenvalue weighted by Crippen LogP contribution is -2.38. The molecule has 3 aliphatic rings. The minimum atomic E-state index is -1.15. The van der Waals surface area contributed by atoms with E-state index in [1.54, 1.807) is 7.05 Å². The number of piperidine rings is 1. The van der Waals surface area contributed by atoms with Crippen LogP contribution < -0.4 is 10.6 Å². The molecular formula is C32H54F3N7O3. The molecule has 5 rings (SSSR count). The van der Waals surface area contributed by atoms with Crippen LogP contribution >= 0.6 is 0 Å². The van der Waals surface area contributed by atoms with Gasteiger partial charge in [-0.15, -0.1) is 0 Å². The molecule has 4 heterocycles. The molecule has 3 saturated heterocycles. The Kier molecular flexibility index (Phi) is 23.1. The monoisotopic (exact) mass is 641 g/mol. The molecule has 1 unspecified atom stereocenters. The highest BCUT2D eigenvalue weighted by Crippen LogP contribution is 2.28. The third-order valence-electron chi connectivity index (χ3n) is 6.77. The fourth-order valence-corrected chi connectivity index (χ4v) is 4.51. The molecule has 2 aromatic rings. The van der Waals surface area contributed by atoms with E-state index in [1.807, 2.05) is 40.1 Å². The maximum atomic E-state index is 12.4. The first-order valence-corrected chi connectivity index (χ1v) is 15.6. The predicted octanol–water partition coefficient (Wildman–Crippen LogP) is 5.68. The van der Waals surface area contributed by atoms with Gasteiger partial charge >= 0.3 is 6.02 Å². The molecule has 3 fully saturated rings. The molecule has 3 aliphatic heterocycles. The van der Waals surface area contributed by atoms with Crippen molar-refractivity contribution >= 4 is 18.7 Å². The summed E-state index contributed by atoms with van der Waals surface area (Å²) in [6.07, 6.45) is 9.51. The van der Waals surface area contributed by atoms with Crippen LogP contribution in [0.1, 0.15) is 76.8 Å². The van der Waals surface area contributed by atoms with E-state index in [1.165, 1.54) is 25.3 Å². The number of halogens is 3. The molecule has 0 aliphatic carbocycles. The Morgan fingerprint density at radius 2 is 1.51 bits per heavy atom. The second-order valence-corrected chi connectivity index (χ2v) is 9.63. The molecule has 0 amide bonds. The van der Waals surface area contributed by atoms with E-state index in [0.29, 0.717) is 18.0 Å². The number of benzene rings is 1. The number of likely N-dealkylation sites (tertiary alicyclic amines) is 1. The third kappa shape index (κ3) is 15.0. The van der Waals surface area contributed by atoms with Gasteiger partial charge in [0.05, 0.1) is 0 Å². The number of anilines is 1. The molecule has 10 nitrogen and oxygen atoms in total. The maximum absolute atomic E-state index is 12.4. The van der Waals surface area contributed by atoms with Crippen LogP contribution in [0.2, 0.25) is 0 Å². The van der Waals surface area contributed by atoms with Gasteiger partial charge in [-0.2, -0.15) is 0 Å². The zero-order valence-electron chi connectivity index (χ0n) is 28.1. The van der Waals surface area contributed by atoms with Crippen molar-refractivity contribution in [3.05, 3.63) is 53.1 Å². The summed E-state index contributed by atoms with van der Waals surface area (Å²) in [5, 5.41) is 10.5. The molecule has 45 heavy (non-hydrogen) atoms. The van der Waals surface area contributed by atoms with Crippen molar-refractivity contribution in [2.45, 2.75) is 78.7 Å². The molecule has 1 atom stereocenters. The number of nitrogens with two attached hydrogens (primary N) is 1. The van der Waals surface area contributed by atoms with E-state index in [2.05, 4.69) is 36.6 Å². The smallest absolute Gasteiger partial charge is 0.317 e. The molecule has 0 radical (unpaired) electrons. The van der Waals surface area contributed by atoms with Crippen LogP contribution in [0.15, 0.2) is 34.7 Å². The van der Waals surface area contributed by atoms with E-state index >= 15 is 0 Å². The summed E-state index contributed by atoms with van der Waals surface area (Å²) in [7, 11) is 2.70. The lowest BCUT2D eigenvalue weighted by atomic mass is 9.91. The van der Waals surface area contributed by atoms with Crippen LogP contribution in [0.4, 0.5) is 19.1 Å². The average molecular weight is 642 g/mol. The van der Waals surface area contributed by atoms with Crippen molar-refractivity contribution in [3.63, 3.8) is 0 Å². The second kappa shape index (κ2) is 25.0. The van der Waals surface area contributed by atoms with E-state index < -0.39 is 17.5 Å². The number of amidine groups is 1. The molecular weight excluding hydrogens is 587 g/mol. The number of ether oxygens (including phenoxy) is 1. The Labute approximate surface area is 267 Å². The van der Waals surface area contributed by atoms with Gasteiger partial charge in [-0.3, -0.25) is 0 Å². The van der Waals surface area contributed by atoms with Crippen LogP contribution in [0, 0.1) is 24.4 Å². The van der Waals surface area contributed by atoms with Crippen molar-refractivity contribution in [2.24, 2.45) is 15.9 Å². The van der Waals surface area contributed by atoms with Gasteiger partial charge in [-0.05, 0) is 62.1 Å². The molecule has 13 heteroatoms. The van der Waals surface area contributed by atoms with Crippen molar-refractivity contribution in [2.75, 3.05) is 58.5 Å². The number of aliphatic hydroxyl groups excluding tert-OH is 1. The van der Waals surface area contributed by atoms with Gasteiger partial charge in [0.15, 0.2) is 11.6 Å². The largest absolute Gasteiger partial charge is 0.400 e. The number of aliphatic imine (C=N–C) groups is 1. The van der Waals surface area contributed by atoms with Gasteiger partial charge in [0, 0.05) is 84.8 Å². The average Bonchev–Trinajstić information content (AvgIpc) is 3.82. The first kappa shape index (κ1) is 41.7. The number of aryl methyl sites for hydroxylation is 1. The van der Waals surface area contributed by atoms with Crippen molar-refractivity contribution in [3.8, 4) is 0 Å². The topological polar surface area (TPSA) is 122 Å². The number of hydrogen-bond acceptors (Lipinski definition) is 9. The first-order valence-electron chi connectivity index (χ1n) is 15.6. The number of aromatic nitrogens is 2. The Balaban J connectivity index is 0.000000756. The van der Waals surface area contributed by atoms with Crippen molar-refractivity contribution < 1.29 is 27.9 Å². The van der Waals surface area contributed by atoms with Gasteiger partial charge in [-0.1, -0.05) is 32.9 Å². The quantitative estimate of drug-likeness (QED) is 0.190. The summed E-state index contributed by atoms with van der Waals surface area (Å²) < 4.78 is 41.7. The van der Waals surface area contributed by atoms with Crippen LogP contribution in [0.3, 0.4) is 0 Å². The summed E-state index contributed by atoms with van der Waals surface area (Å²) in [5.41, 5.74) is 7.25. The number of hydrogen-bond donors (Lipinski definition) is 2. The highest BCUT2D eigenvalue weighted by atomic mass is 19.2. The van der Waals surface area contributed by atoms with E-state index in [9.17, 15) is 13.2 Å². The van der Waals surface area contributed by atoms with E-state index in [-0.39, 0.29) is 11.6 Å². The fraction of sp³-hybridized carbons (Fsp3) is 0.625. The zero-order chi connectivity index (χ0) is 34.2. The number of aliphatic hydroxyl groups is 1. The minimum Gasteiger partial charge on any atom is -0.400 e. The van der Waals surface area contributed by atoms with E-state index in [4.69, 9.17) is 20.4 Å². The van der Waals surface area contributed by atoms with Gasteiger partial charge in [0.25, 0.3) is 0 Å². The van der Waals surface area contributed by atoms with Crippen molar-refractivity contribution in [1.29, 1.82) is 0 Å². The summed E-state index contributed by atoms with van der Waals surface area (Å²) in [6, 6.07) is 2.12. The van der Waals surface area contributed by atoms with Gasteiger partial charge in [-0.25, -0.2) is 28.1 Å². The van der Waals surface area contributed by atoms with Crippen LogP contribution in [0.5, 0.6) is 0 Å². The molecule has 1 aromatic heterocycles. The number of nitrogens with zero attached hydrogens (tertiary/aromatic N) is 6. The highest BCUT2D eigenvalue weighted by molar-refractivity contribution is 5.73. The van der Waals surface area contributed by atoms with Crippen molar-refractivity contribution in [1.82, 2.24) is 14.9 Å². The Bertz CT molecular complexity index is 1020. The van der Waals surface area contributed by atoms with Crippen LogP contribution in [-0.2, 0) is 9.57 Å². The molecule has 256 valence electrons. The highest BCUT2D eigenvalue weighted by Gasteiger charge is 2.25. The molecule has 1 aromatic carbocycles. The summed E-state index contributed by atoms with van der Waals surface area (Å²) in [5.74, 6) is -1.64. The minimum absolute atomic E-state index is 0.110. The van der Waals surface area contributed by atoms with Gasteiger partial charge in [0.1, 0.15) is 5.82 Å². The summed E-state index contributed by atoms with van der Waals surface area (Å²) in [4.78, 5) is 22.5. The Morgan fingerprint density at radius 1 is 0.956 bits per heavy atom. The van der Waals surface area contributed by atoms with E-state index in [0.717, 1.165) is 77.8 Å². The lowest BCUT2D eigenvalue weighted by Gasteiger charge is -2.32. The normalized spacial score (nSPS) is 17.4. The summed E-state index contributed by atoms with van der Waals surface area (Å²) >= 11 is 0. The third-order valence-corrected chi connectivity index (χ3v) is 6.77. The molecule has 0 saturated carbocycles. The molecule has 0 bridgehead atoms. The summed E-state index contributed by atoms with van der Waals surface area (Å²) in [6.45, 7) is 18.2. The predicted molar refractivity (Wildman–Crippen MR) is 176 cm³/mol. The standard InChI is InChI=1S/C16H25N7O.C7H5F3.C4H8O.2C2H6.CH4O/c1-18-16(24-19-2)22-6-3-12(4-7-22)13-9-20-15(21-10-13)23-8-5-14(17)11-23;1-4-2-6(9)7(10)3-5(4)8;1-2-4-5-3-1;3*1-2/h9-10,12,14H,2-8,11,17H2,1H3;2-3H,1H3;1-4H2;2*1-2H3;2H,1H3. The fourth-order valence-electron chi connectivity index (χ4n) is 4.51. The SMILES string of the molecule is C1CCOC1.C=NOC(=NC)N1CCC(c2cnc(N3CCC(N)C3)nc2)CC1.CC.CC.CO.Cc1cc(F)c(F)cc1F. The Hall–Kier alpha value is -3.29. The number of rotatable bonds is 3.